The second-order valence-electron chi connectivity index (χ2n) is 8.41. The van der Waals surface area contributed by atoms with E-state index in [1.807, 2.05) is 13.8 Å². The van der Waals surface area contributed by atoms with Crippen molar-refractivity contribution in [3.05, 3.63) is 58.9 Å². The Balaban J connectivity index is 1.61. The van der Waals surface area contributed by atoms with Crippen molar-refractivity contribution in [2.45, 2.75) is 50.8 Å². The highest BCUT2D eigenvalue weighted by Crippen LogP contribution is 2.41. The zero-order chi connectivity index (χ0) is 22.9. The first-order valence-electron chi connectivity index (χ1n) is 10.6. The van der Waals surface area contributed by atoms with Crippen LogP contribution in [0.2, 0.25) is 5.02 Å². The number of carbonyl (C=O) groups excluding carboxylic acids is 2. The number of amides is 2. The van der Waals surface area contributed by atoms with E-state index in [9.17, 15) is 9.59 Å². The second kappa shape index (κ2) is 8.88. The van der Waals surface area contributed by atoms with Crippen LogP contribution in [0.4, 0.5) is 5.69 Å². The number of ether oxygens (including phenoxy) is 1. The fourth-order valence-electron chi connectivity index (χ4n) is 4.34. The number of aromatic nitrogens is 1. The summed E-state index contributed by atoms with van der Waals surface area (Å²) in [5.74, 6) is -0.242. The number of nitrogens with zero attached hydrogens (tertiary/aromatic N) is 3. The van der Waals surface area contributed by atoms with Gasteiger partial charge in [-0.1, -0.05) is 23.7 Å². The molecule has 1 aromatic carbocycles. The van der Waals surface area contributed by atoms with Gasteiger partial charge in [0, 0.05) is 30.6 Å². The molecule has 0 radical (unpaired) electrons. The molecule has 9 heteroatoms. The van der Waals surface area contributed by atoms with Gasteiger partial charge in [-0.25, -0.2) is 4.99 Å². The molecule has 0 bridgehead atoms. The number of guanidine groups is 1. The Morgan fingerprint density at radius 2 is 2.16 bits per heavy atom. The molecule has 2 aromatic rings. The lowest BCUT2D eigenvalue weighted by Crippen LogP contribution is -2.56. The van der Waals surface area contributed by atoms with Gasteiger partial charge < -0.3 is 15.8 Å². The maximum absolute atomic E-state index is 13.2. The molecule has 3 atom stereocenters. The third-order valence-electron chi connectivity index (χ3n) is 5.95. The fraction of sp³-hybridized carbons (Fsp3) is 0.391. The number of benzene rings is 1. The number of nitrogens with two attached hydrogens (primary N) is 1. The first kappa shape index (κ1) is 22.2. The molecular formula is C23H26ClN5O3. The molecule has 2 aliphatic heterocycles. The Morgan fingerprint density at radius 1 is 1.34 bits per heavy atom. The molecule has 0 aliphatic carbocycles. The molecule has 1 aromatic heterocycles. The van der Waals surface area contributed by atoms with E-state index in [2.05, 4.69) is 10.3 Å². The number of halogens is 1. The van der Waals surface area contributed by atoms with E-state index >= 15 is 0 Å². The van der Waals surface area contributed by atoms with Crippen LogP contribution in [0, 0.1) is 0 Å². The molecule has 1 saturated heterocycles. The van der Waals surface area contributed by atoms with Gasteiger partial charge in [-0.3, -0.25) is 19.5 Å². The van der Waals surface area contributed by atoms with Gasteiger partial charge in [0.1, 0.15) is 0 Å². The van der Waals surface area contributed by atoms with E-state index in [0.717, 1.165) is 12.8 Å². The largest absolute Gasteiger partial charge is 0.378 e. The maximum Gasteiger partial charge on any atom is 0.257 e. The number of anilines is 1. The van der Waals surface area contributed by atoms with Crippen LogP contribution in [0.25, 0.3) is 0 Å². The van der Waals surface area contributed by atoms with Crippen LogP contribution < -0.4 is 11.1 Å². The van der Waals surface area contributed by atoms with Crippen LogP contribution in [0.5, 0.6) is 0 Å². The van der Waals surface area contributed by atoms with E-state index in [0.29, 0.717) is 28.4 Å². The highest BCUT2D eigenvalue weighted by molar-refractivity contribution is 6.35. The maximum atomic E-state index is 13.2. The van der Waals surface area contributed by atoms with Crippen LogP contribution in [0.15, 0.2) is 47.7 Å². The molecule has 168 valence electrons. The summed E-state index contributed by atoms with van der Waals surface area (Å²) in [6, 6.07) is 8.60. The van der Waals surface area contributed by atoms with Crippen LogP contribution in [-0.2, 0) is 15.1 Å². The summed E-state index contributed by atoms with van der Waals surface area (Å²) in [6.45, 7) is 4.41. The second-order valence-corrected chi connectivity index (χ2v) is 8.78. The molecular weight excluding hydrogens is 430 g/mol. The van der Waals surface area contributed by atoms with Crippen molar-refractivity contribution in [1.29, 1.82) is 0 Å². The number of nitrogens with one attached hydrogen (secondary N) is 1. The number of hydrogen-bond donors (Lipinski definition) is 2. The standard InChI is InChI=1S/C23H26ClN5O3/c1-14-11-16(8-10-32-14)29-19(30)12-23(2,28-22(29)25)17-6-3-7-18(20(17)24)27-21(31)15-5-4-9-26-13-15/h3-7,9,13-14,16H,8,10-12H2,1-2H3,(H2,25,28)(H,27,31)/t14-,16-,23+/m1/s1. The summed E-state index contributed by atoms with van der Waals surface area (Å²) in [5.41, 5.74) is 6.82. The Kier molecular flexibility index (Phi) is 6.17. The summed E-state index contributed by atoms with van der Waals surface area (Å²) >= 11 is 6.68. The minimum Gasteiger partial charge on any atom is -0.378 e. The van der Waals surface area contributed by atoms with Crippen LogP contribution >= 0.6 is 11.6 Å². The topological polar surface area (TPSA) is 110 Å². The van der Waals surface area contributed by atoms with Crippen molar-refractivity contribution < 1.29 is 14.3 Å². The average molecular weight is 456 g/mol. The number of hydrogen-bond acceptors (Lipinski definition) is 6. The van der Waals surface area contributed by atoms with Crippen molar-refractivity contribution in [2.75, 3.05) is 11.9 Å². The monoisotopic (exact) mass is 455 g/mol. The van der Waals surface area contributed by atoms with Gasteiger partial charge in [-0.2, -0.15) is 0 Å². The minimum absolute atomic E-state index is 0.0277. The third-order valence-corrected chi connectivity index (χ3v) is 6.35. The van der Waals surface area contributed by atoms with Gasteiger partial charge in [0.2, 0.25) is 5.91 Å². The van der Waals surface area contributed by atoms with E-state index in [1.54, 1.807) is 41.4 Å². The minimum atomic E-state index is -0.944. The molecule has 2 amide bonds. The summed E-state index contributed by atoms with van der Waals surface area (Å²) in [4.78, 5) is 36.0. The van der Waals surface area contributed by atoms with Gasteiger partial charge in [0.25, 0.3) is 5.91 Å². The van der Waals surface area contributed by atoms with Crippen molar-refractivity contribution in [3.63, 3.8) is 0 Å². The highest BCUT2D eigenvalue weighted by atomic mass is 35.5. The van der Waals surface area contributed by atoms with Crippen LogP contribution in [0.3, 0.4) is 0 Å². The summed E-state index contributed by atoms with van der Waals surface area (Å²) in [5, 5.41) is 3.13. The Hall–Kier alpha value is -2.97. The third kappa shape index (κ3) is 4.33. The van der Waals surface area contributed by atoms with Crippen molar-refractivity contribution in [1.82, 2.24) is 9.88 Å². The quantitative estimate of drug-likeness (QED) is 0.734. The summed E-state index contributed by atoms with van der Waals surface area (Å²) in [6.07, 6.45) is 4.70. The van der Waals surface area contributed by atoms with Gasteiger partial charge in [0.05, 0.1) is 34.3 Å². The van der Waals surface area contributed by atoms with Gasteiger partial charge in [-0.15, -0.1) is 0 Å². The van der Waals surface area contributed by atoms with Crippen molar-refractivity contribution >= 4 is 35.1 Å². The lowest BCUT2D eigenvalue weighted by Gasteiger charge is -2.41. The summed E-state index contributed by atoms with van der Waals surface area (Å²) < 4.78 is 5.60. The Bertz CT molecular complexity index is 1060. The molecule has 32 heavy (non-hydrogen) atoms. The molecule has 0 spiro atoms. The average Bonchev–Trinajstić information content (AvgIpc) is 2.75. The molecule has 0 unspecified atom stereocenters. The zero-order valence-corrected chi connectivity index (χ0v) is 18.8. The number of pyridine rings is 1. The Morgan fingerprint density at radius 3 is 2.84 bits per heavy atom. The van der Waals surface area contributed by atoms with Gasteiger partial charge >= 0.3 is 0 Å². The van der Waals surface area contributed by atoms with Crippen molar-refractivity contribution in [2.24, 2.45) is 10.7 Å². The van der Waals surface area contributed by atoms with E-state index < -0.39 is 5.54 Å². The predicted molar refractivity (Wildman–Crippen MR) is 123 cm³/mol. The zero-order valence-electron chi connectivity index (χ0n) is 18.0. The molecule has 3 heterocycles. The molecule has 3 N–H and O–H groups in total. The first-order valence-corrected chi connectivity index (χ1v) is 11.0. The highest BCUT2D eigenvalue weighted by Gasteiger charge is 2.42. The van der Waals surface area contributed by atoms with Crippen molar-refractivity contribution in [3.8, 4) is 0 Å². The van der Waals surface area contributed by atoms with E-state index in [4.69, 9.17) is 27.1 Å². The molecule has 2 aliphatic rings. The smallest absolute Gasteiger partial charge is 0.257 e. The molecule has 1 fully saturated rings. The van der Waals surface area contributed by atoms with E-state index in [1.165, 1.54) is 6.20 Å². The number of aliphatic imine (C=N–C) groups is 1. The van der Waals surface area contributed by atoms with Crippen LogP contribution in [-0.4, -0.2) is 46.4 Å². The summed E-state index contributed by atoms with van der Waals surface area (Å²) in [7, 11) is 0. The predicted octanol–water partition coefficient (Wildman–Crippen LogP) is 3.32. The Labute approximate surface area is 191 Å². The first-order chi connectivity index (χ1) is 15.3. The fourth-order valence-corrected chi connectivity index (χ4v) is 4.72. The van der Waals surface area contributed by atoms with Crippen LogP contribution in [0.1, 0.15) is 49.0 Å². The lowest BCUT2D eigenvalue weighted by molar-refractivity contribution is -0.133. The normalized spacial score (nSPS) is 25.9. The van der Waals surface area contributed by atoms with E-state index in [-0.39, 0.29) is 36.3 Å². The molecule has 8 nitrogen and oxygen atoms in total. The molecule has 0 saturated carbocycles. The van der Waals surface area contributed by atoms with Gasteiger partial charge in [-0.05, 0) is 44.9 Å². The lowest BCUT2D eigenvalue weighted by atomic mass is 9.86. The van der Waals surface area contributed by atoms with Gasteiger partial charge in [0.15, 0.2) is 5.96 Å². The SMILES string of the molecule is C[C@@H]1C[C@H](N2C(=O)C[C@@](C)(c3cccc(NC(=O)c4cccnc4)c3Cl)N=C2N)CCO1. The number of rotatable bonds is 4. The molecule has 4 rings (SSSR count). The number of carbonyl (C=O) groups is 2.